The summed E-state index contributed by atoms with van der Waals surface area (Å²) >= 11 is 0. The normalized spacial score (nSPS) is 27.8. The van der Waals surface area contributed by atoms with E-state index in [1.54, 1.807) is 13.0 Å². The molecule has 1 aliphatic carbocycles. The van der Waals surface area contributed by atoms with Crippen LogP contribution in [0.3, 0.4) is 0 Å². The Labute approximate surface area is 123 Å². The van der Waals surface area contributed by atoms with Gasteiger partial charge in [-0.2, -0.15) is 0 Å². The van der Waals surface area contributed by atoms with Gasteiger partial charge in [-0.05, 0) is 25.7 Å². The van der Waals surface area contributed by atoms with Crippen LogP contribution in [-0.2, 0) is 0 Å². The van der Waals surface area contributed by atoms with Crippen LogP contribution in [0.2, 0.25) is 0 Å². The molecule has 1 N–H and O–H groups in total. The molecule has 0 radical (unpaired) electrons. The van der Waals surface area contributed by atoms with E-state index in [-0.39, 0.29) is 11.9 Å². The van der Waals surface area contributed by atoms with E-state index in [1.165, 1.54) is 0 Å². The highest BCUT2D eigenvalue weighted by molar-refractivity contribution is 5.92. The van der Waals surface area contributed by atoms with E-state index < -0.39 is 6.17 Å². The first-order valence-corrected chi connectivity index (χ1v) is 7.67. The van der Waals surface area contributed by atoms with E-state index in [4.69, 9.17) is 4.52 Å². The van der Waals surface area contributed by atoms with Gasteiger partial charge in [0.25, 0.3) is 5.91 Å². The van der Waals surface area contributed by atoms with Crippen LogP contribution in [0, 0.1) is 5.92 Å². The summed E-state index contributed by atoms with van der Waals surface area (Å²) in [6.07, 6.45) is 1.39. The van der Waals surface area contributed by atoms with Crippen molar-refractivity contribution in [1.82, 2.24) is 15.4 Å². The molecule has 116 valence electrons. The minimum atomic E-state index is -0.844. The van der Waals surface area contributed by atoms with Crippen LogP contribution >= 0.6 is 0 Å². The van der Waals surface area contributed by atoms with Gasteiger partial charge in [0.2, 0.25) is 0 Å². The van der Waals surface area contributed by atoms with Gasteiger partial charge in [-0.15, -0.1) is 0 Å². The van der Waals surface area contributed by atoms with Crippen LogP contribution < -0.4 is 5.32 Å². The second-order valence-electron chi connectivity index (χ2n) is 6.45. The number of amides is 1. The van der Waals surface area contributed by atoms with Gasteiger partial charge in [0.05, 0.1) is 0 Å². The number of hydrogen-bond acceptors (Lipinski definition) is 4. The molecular weight excluding hydrogens is 273 g/mol. The highest BCUT2D eigenvalue weighted by Gasteiger charge is 2.33. The standard InChI is InChI=1S/C15H22FN3O2/c1-9-6-19(7-10(2)16)8-13(9)17-15(20)12-5-14(21-18-12)11-3-4-11/h5,9-11,13H,3-4,6-8H2,1-2H3,(H,17,20)/t9-,10?,13-/m1/s1. The summed E-state index contributed by atoms with van der Waals surface area (Å²) in [4.78, 5) is 14.3. The van der Waals surface area contributed by atoms with Crippen LogP contribution in [0.5, 0.6) is 0 Å². The summed E-state index contributed by atoms with van der Waals surface area (Å²) in [7, 11) is 0. The predicted molar refractivity (Wildman–Crippen MR) is 75.9 cm³/mol. The van der Waals surface area contributed by atoms with Crippen molar-refractivity contribution in [1.29, 1.82) is 0 Å². The number of carbonyl (C=O) groups excluding carboxylic acids is 1. The van der Waals surface area contributed by atoms with E-state index in [0.29, 0.717) is 30.6 Å². The van der Waals surface area contributed by atoms with Crippen molar-refractivity contribution in [3.8, 4) is 0 Å². The molecule has 0 spiro atoms. The molecule has 5 nitrogen and oxygen atoms in total. The second-order valence-corrected chi connectivity index (χ2v) is 6.45. The molecule has 1 saturated carbocycles. The van der Waals surface area contributed by atoms with Crippen molar-refractivity contribution < 1.29 is 13.7 Å². The maximum absolute atomic E-state index is 13.1. The van der Waals surface area contributed by atoms with Gasteiger partial charge in [-0.25, -0.2) is 4.39 Å². The lowest BCUT2D eigenvalue weighted by Crippen LogP contribution is -2.40. The summed E-state index contributed by atoms with van der Waals surface area (Å²) < 4.78 is 18.3. The molecule has 1 aliphatic heterocycles. The monoisotopic (exact) mass is 295 g/mol. The molecule has 1 amide bonds. The first-order chi connectivity index (χ1) is 10.0. The van der Waals surface area contributed by atoms with Gasteiger partial charge in [0.1, 0.15) is 11.9 Å². The molecule has 3 atom stereocenters. The van der Waals surface area contributed by atoms with Gasteiger partial charge >= 0.3 is 0 Å². The van der Waals surface area contributed by atoms with Crippen LogP contribution in [0.25, 0.3) is 0 Å². The lowest BCUT2D eigenvalue weighted by molar-refractivity contribution is 0.0922. The number of nitrogens with zero attached hydrogens (tertiary/aromatic N) is 2. The lowest BCUT2D eigenvalue weighted by atomic mass is 10.1. The Morgan fingerprint density at radius 2 is 2.33 bits per heavy atom. The summed E-state index contributed by atoms with van der Waals surface area (Å²) in [6, 6.07) is 1.78. The topological polar surface area (TPSA) is 58.4 Å². The number of carbonyl (C=O) groups is 1. The Kier molecular flexibility index (Phi) is 3.97. The fourth-order valence-corrected chi connectivity index (χ4v) is 2.96. The number of likely N-dealkylation sites (tertiary alicyclic amines) is 1. The van der Waals surface area contributed by atoms with E-state index in [1.807, 2.05) is 0 Å². The molecule has 21 heavy (non-hydrogen) atoms. The minimum Gasteiger partial charge on any atom is -0.360 e. The van der Waals surface area contributed by atoms with E-state index in [0.717, 1.165) is 25.1 Å². The maximum Gasteiger partial charge on any atom is 0.273 e. The zero-order valence-corrected chi connectivity index (χ0v) is 12.5. The van der Waals surface area contributed by atoms with Gasteiger partial charge < -0.3 is 9.84 Å². The van der Waals surface area contributed by atoms with Crippen molar-refractivity contribution >= 4 is 5.91 Å². The van der Waals surface area contributed by atoms with Gasteiger partial charge in [0, 0.05) is 37.7 Å². The van der Waals surface area contributed by atoms with E-state index >= 15 is 0 Å². The highest BCUT2D eigenvalue weighted by Crippen LogP contribution is 2.40. The van der Waals surface area contributed by atoms with Crippen LogP contribution in [-0.4, -0.2) is 47.8 Å². The Morgan fingerprint density at radius 1 is 1.57 bits per heavy atom. The van der Waals surface area contributed by atoms with Crippen molar-refractivity contribution in [2.45, 2.75) is 44.8 Å². The number of aromatic nitrogens is 1. The average Bonchev–Trinajstić information content (AvgIpc) is 3.04. The minimum absolute atomic E-state index is 0.0392. The predicted octanol–water partition coefficient (Wildman–Crippen LogP) is 1.96. The smallest absolute Gasteiger partial charge is 0.273 e. The first kappa shape index (κ1) is 14.5. The molecule has 1 aromatic rings. The number of halogens is 1. The van der Waals surface area contributed by atoms with Crippen molar-refractivity contribution in [2.24, 2.45) is 5.92 Å². The molecule has 6 heteroatoms. The lowest BCUT2D eigenvalue weighted by Gasteiger charge is -2.17. The fraction of sp³-hybridized carbons (Fsp3) is 0.733. The molecular formula is C15H22FN3O2. The number of alkyl halides is 1. The summed E-state index contributed by atoms with van der Waals surface area (Å²) in [6.45, 7) is 5.56. The molecule has 0 aromatic carbocycles. The molecule has 2 heterocycles. The Hall–Kier alpha value is -1.43. The maximum atomic E-state index is 13.1. The number of hydrogen-bond donors (Lipinski definition) is 1. The number of nitrogens with one attached hydrogen (secondary N) is 1. The molecule has 0 bridgehead atoms. The van der Waals surface area contributed by atoms with E-state index in [9.17, 15) is 9.18 Å². The number of rotatable bonds is 5. The van der Waals surface area contributed by atoms with Gasteiger partial charge in [-0.1, -0.05) is 12.1 Å². The van der Waals surface area contributed by atoms with Crippen LogP contribution in [0.1, 0.15) is 48.9 Å². The molecule has 3 rings (SSSR count). The Balaban J connectivity index is 1.56. The van der Waals surface area contributed by atoms with Crippen LogP contribution in [0.15, 0.2) is 10.6 Å². The largest absolute Gasteiger partial charge is 0.360 e. The molecule has 2 fully saturated rings. The SMILES string of the molecule is CC(F)CN1C[C@@H](C)[C@H](NC(=O)c2cc(C3CC3)on2)C1. The Bertz CT molecular complexity index is 513. The van der Waals surface area contributed by atoms with Crippen molar-refractivity contribution in [3.63, 3.8) is 0 Å². The molecule has 1 unspecified atom stereocenters. The summed E-state index contributed by atoms with van der Waals surface area (Å²) in [5.41, 5.74) is 0.349. The summed E-state index contributed by atoms with van der Waals surface area (Å²) in [5, 5.41) is 6.85. The fourth-order valence-electron chi connectivity index (χ4n) is 2.96. The molecule has 2 aliphatic rings. The average molecular weight is 295 g/mol. The molecule has 1 aromatic heterocycles. The van der Waals surface area contributed by atoms with Gasteiger partial charge in [0.15, 0.2) is 5.69 Å². The zero-order valence-electron chi connectivity index (χ0n) is 12.5. The Morgan fingerprint density at radius 3 is 3.00 bits per heavy atom. The van der Waals surface area contributed by atoms with Gasteiger partial charge in [-0.3, -0.25) is 9.69 Å². The summed E-state index contributed by atoms with van der Waals surface area (Å²) in [5.74, 6) is 1.37. The third kappa shape index (κ3) is 3.43. The molecule has 1 saturated heterocycles. The van der Waals surface area contributed by atoms with Crippen LogP contribution in [0.4, 0.5) is 4.39 Å². The quantitative estimate of drug-likeness (QED) is 0.902. The first-order valence-electron chi connectivity index (χ1n) is 7.67. The third-order valence-electron chi connectivity index (χ3n) is 4.25. The second kappa shape index (κ2) is 5.75. The van der Waals surface area contributed by atoms with Crippen molar-refractivity contribution in [3.05, 3.63) is 17.5 Å². The highest BCUT2D eigenvalue weighted by atomic mass is 19.1. The van der Waals surface area contributed by atoms with Crippen molar-refractivity contribution in [2.75, 3.05) is 19.6 Å². The van der Waals surface area contributed by atoms with E-state index in [2.05, 4.69) is 22.3 Å². The zero-order chi connectivity index (χ0) is 15.0. The third-order valence-corrected chi connectivity index (χ3v) is 4.25.